The van der Waals surface area contributed by atoms with E-state index in [0.29, 0.717) is 17.4 Å². The molecule has 1 aliphatic rings. The molecule has 7 nitrogen and oxygen atoms in total. The van der Waals surface area contributed by atoms with Crippen LogP contribution in [-0.2, 0) is 31.4 Å². The summed E-state index contributed by atoms with van der Waals surface area (Å²) in [6, 6.07) is 7.76. The molecule has 1 fully saturated rings. The molecule has 0 radical (unpaired) electrons. The summed E-state index contributed by atoms with van der Waals surface area (Å²) in [5, 5.41) is 5.69. The molecule has 0 aromatic heterocycles. The van der Waals surface area contributed by atoms with Gasteiger partial charge in [0.25, 0.3) is 0 Å². The second kappa shape index (κ2) is 14.0. The Balaban J connectivity index is 1.89. The molecular formula is C26H25F6N3O4S2. The molecule has 3 rings (SSSR count). The van der Waals surface area contributed by atoms with Gasteiger partial charge in [-0.1, -0.05) is 23.9 Å². The fourth-order valence-corrected chi connectivity index (χ4v) is 5.04. The Morgan fingerprint density at radius 2 is 1.76 bits per heavy atom. The number of benzene rings is 2. The standard InChI is InChI=1S/C26H25F6N3O4S2/c1-38-21(37)9-10-33-24(40)34-17-3-2-4-18(15-17)41-19-7-5-16(6-8-20(36)35-11-13-39-14-12-35)22(25(27,28)29)23(19)26(30,31)32/h2-8,15H,9-14H2,1H3,(H2,33,34,40)/b8-6+. The van der Waals surface area contributed by atoms with E-state index in [0.717, 1.165) is 24.3 Å². The predicted molar refractivity (Wildman–Crippen MR) is 144 cm³/mol. The number of nitrogens with one attached hydrogen (secondary N) is 2. The number of alkyl halides is 6. The minimum atomic E-state index is -5.37. The van der Waals surface area contributed by atoms with Crippen LogP contribution in [0, 0.1) is 0 Å². The largest absolute Gasteiger partial charge is 0.469 e. The summed E-state index contributed by atoms with van der Waals surface area (Å²) >= 11 is 5.62. The summed E-state index contributed by atoms with van der Waals surface area (Å²) in [4.78, 5) is 24.4. The summed E-state index contributed by atoms with van der Waals surface area (Å²) in [6.07, 6.45) is -9.09. The number of ether oxygens (including phenoxy) is 2. The molecule has 0 atom stereocenters. The highest BCUT2D eigenvalue weighted by Crippen LogP contribution is 2.48. The SMILES string of the molecule is COC(=O)CCNC(=S)Nc1cccc(Sc2ccc(/C=C/C(=O)N3CCOCC3)c(C(F)(F)F)c2C(F)(F)F)c1. The van der Waals surface area contributed by atoms with Crippen LogP contribution in [0.15, 0.2) is 52.3 Å². The minimum absolute atomic E-state index is 0.0442. The van der Waals surface area contributed by atoms with Gasteiger partial charge in [0.1, 0.15) is 0 Å². The van der Waals surface area contributed by atoms with Crippen molar-refractivity contribution >= 4 is 52.7 Å². The first-order valence-corrected chi connectivity index (χ1v) is 13.3. The molecule has 222 valence electrons. The Bertz CT molecular complexity index is 1290. The number of carbonyl (C=O) groups is 2. The number of methoxy groups -OCH3 is 1. The highest BCUT2D eigenvalue weighted by Gasteiger charge is 2.46. The minimum Gasteiger partial charge on any atom is -0.469 e. The third kappa shape index (κ3) is 9.36. The lowest BCUT2D eigenvalue weighted by atomic mass is 9.99. The molecule has 2 N–H and O–H groups in total. The first-order valence-electron chi connectivity index (χ1n) is 12.1. The molecule has 0 aliphatic carbocycles. The van der Waals surface area contributed by atoms with E-state index in [4.69, 9.17) is 17.0 Å². The smallest absolute Gasteiger partial charge is 0.418 e. The molecule has 1 saturated heterocycles. The molecule has 0 spiro atoms. The highest BCUT2D eigenvalue weighted by atomic mass is 32.2. The van der Waals surface area contributed by atoms with Crippen LogP contribution in [0.1, 0.15) is 23.1 Å². The average Bonchev–Trinajstić information content (AvgIpc) is 2.91. The maximum Gasteiger partial charge on any atom is 0.418 e. The van der Waals surface area contributed by atoms with Gasteiger partial charge in [0, 0.05) is 41.2 Å². The van der Waals surface area contributed by atoms with Crippen molar-refractivity contribution in [2.45, 2.75) is 28.6 Å². The van der Waals surface area contributed by atoms with E-state index in [1.165, 1.54) is 30.2 Å². The second-order valence-electron chi connectivity index (χ2n) is 8.51. The third-order valence-corrected chi connectivity index (χ3v) is 6.95. The molecule has 1 aliphatic heterocycles. The van der Waals surface area contributed by atoms with Gasteiger partial charge in [0.15, 0.2) is 5.11 Å². The van der Waals surface area contributed by atoms with Crippen molar-refractivity contribution in [3.8, 4) is 0 Å². The van der Waals surface area contributed by atoms with E-state index in [9.17, 15) is 35.9 Å². The van der Waals surface area contributed by atoms with Crippen molar-refractivity contribution in [1.29, 1.82) is 0 Å². The normalized spacial score (nSPS) is 14.2. The first kappa shape index (κ1) is 32.2. The van der Waals surface area contributed by atoms with E-state index >= 15 is 0 Å². The van der Waals surface area contributed by atoms with Crippen LogP contribution >= 0.6 is 24.0 Å². The van der Waals surface area contributed by atoms with Crippen molar-refractivity contribution < 1.29 is 45.4 Å². The molecule has 0 bridgehead atoms. The number of esters is 1. The van der Waals surface area contributed by atoms with E-state index in [2.05, 4.69) is 15.4 Å². The van der Waals surface area contributed by atoms with Crippen molar-refractivity contribution in [3.63, 3.8) is 0 Å². The summed E-state index contributed by atoms with van der Waals surface area (Å²) in [6.45, 7) is 1.13. The van der Waals surface area contributed by atoms with Gasteiger partial charge >= 0.3 is 18.3 Å². The number of halogens is 6. The van der Waals surface area contributed by atoms with Crippen LogP contribution in [-0.4, -0.2) is 61.8 Å². The van der Waals surface area contributed by atoms with Gasteiger partial charge in [-0.15, -0.1) is 0 Å². The molecule has 2 aromatic rings. The molecule has 41 heavy (non-hydrogen) atoms. The predicted octanol–water partition coefficient (Wildman–Crippen LogP) is 5.60. The van der Waals surface area contributed by atoms with Crippen molar-refractivity contribution in [1.82, 2.24) is 10.2 Å². The number of amides is 1. The number of nitrogens with zero attached hydrogens (tertiary/aromatic N) is 1. The number of anilines is 1. The number of morpholine rings is 1. The molecule has 2 aromatic carbocycles. The molecule has 15 heteroatoms. The van der Waals surface area contributed by atoms with E-state index in [1.807, 2.05) is 0 Å². The van der Waals surface area contributed by atoms with Crippen LogP contribution in [0.5, 0.6) is 0 Å². The Morgan fingerprint density at radius 1 is 1.07 bits per heavy atom. The number of hydrogen-bond acceptors (Lipinski definition) is 6. The summed E-state index contributed by atoms with van der Waals surface area (Å²) in [5.41, 5.74) is -4.16. The van der Waals surface area contributed by atoms with Gasteiger partial charge in [0.05, 0.1) is 37.9 Å². The van der Waals surface area contributed by atoms with Crippen LogP contribution < -0.4 is 10.6 Å². The molecular weight excluding hydrogens is 596 g/mol. The van der Waals surface area contributed by atoms with Crippen LogP contribution in [0.3, 0.4) is 0 Å². The van der Waals surface area contributed by atoms with Crippen LogP contribution in [0.4, 0.5) is 32.0 Å². The quantitative estimate of drug-likeness (QED) is 0.171. The number of hydrogen-bond donors (Lipinski definition) is 2. The van der Waals surface area contributed by atoms with Crippen LogP contribution in [0.2, 0.25) is 0 Å². The zero-order valence-corrected chi connectivity index (χ0v) is 23.2. The summed E-state index contributed by atoms with van der Waals surface area (Å²) < 4.78 is 94.5. The number of thiocarbonyl (C=S) groups is 1. The lowest BCUT2D eigenvalue weighted by Crippen LogP contribution is -2.39. The van der Waals surface area contributed by atoms with Gasteiger partial charge in [-0.05, 0) is 48.1 Å². The van der Waals surface area contributed by atoms with Crippen molar-refractivity contribution in [2.75, 3.05) is 45.3 Å². The maximum atomic E-state index is 14.2. The van der Waals surface area contributed by atoms with Crippen LogP contribution in [0.25, 0.3) is 6.08 Å². The Labute approximate surface area is 241 Å². The zero-order valence-electron chi connectivity index (χ0n) is 21.5. The van der Waals surface area contributed by atoms with E-state index in [1.54, 1.807) is 6.07 Å². The van der Waals surface area contributed by atoms with Gasteiger partial charge in [-0.25, -0.2) is 0 Å². The highest BCUT2D eigenvalue weighted by molar-refractivity contribution is 7.99. The van der Waals surface area contributed by atoms with Gasteiger partial charge in [-0.2, -0.15) is 26.3 Å². The van der Waals surface area contributed by atoms with E-state index in [-0.39, 0.29) is 49.3 Å². The van der Waals surface area contributed by atoms with Gasteiger partial charge < -0.3 is 25.0 Å². The number of carbonyl (C=O) groups excluding carboxylic acids is 2. The summed E-state index contributed by atoms with van der Waals surface area (Å²) in [5.74, 6) is -1.09. The lowest BCUT2D eigenvalue weighted by Gasteiger charge is -2.25. The maximum absolute atomic E-state index is 14.2. The first-order chi connectivity index (χ1) is 19.3. The fraction of sp³-hybridized carbons (Fsp3) is 0.346. The number of rotatable bonds is 8. The van der Waals surface area contributed by atoms with Crippen molar-refractivity contribution in [3.05, 3.63) is 59.2 Å². The van der Waals surface area contributed by atoms with Gasteiger partial charge in [0.2, 0.25) is 5.91 Å². The topological polar surface area (TPSA) is 79.9 Å². The van der Waals surface area contributed by atoms with Gasteiger partial charge in [-0.3, -0.25) is 9.59 Å². The summed E-state index contributed by atoms with van der Waals surface area (Å²) in [7, 11) is 1.24. The second-order valence-corrected chi connectivity index (χ2v) is 10.0. The fourth-order valence-electron chi connectivity index (χ4n) is 3.78. The lowest BCUT2D eigenvalue weighted by molar-refractivity contribution is -0.163. The Morgan fingerprint density at radius 3 is 2.39 bits per heavy atom. The molecule has 1 heterocycles. The Kier molecular flexibility index (Phi) is 11.0. The molecule has 0 unspecified atom stereocenters. The van der Waals surface area contributed by atoms with Crippen molar-refractivity contribution in [2.24, 2.45) is 0 Å². The molecule has 1 amide bonds. The molecule has 0 saturated carbocycles. The average molecular weight is 622 g/mol. The monoisotopic (exact) mass is 621 g/mol. The Hall–Kier alpha value is -3.30. The third-order valence-electron chi connectivity index (χ3n) is 5.66. The zero-order chi connectivity index (χ0) is 30.2. The van der Waals surface area contributed by atoms with E-state index < -0.39 is 45.8 Å².